The number of methoxy groups -OCH3 is 1. The molecule has 2 rings (SSSR count). The van der Waals surface area contributed by atoms with Crippen LogP contribution in [-0.2, 0) is 14.3 Å². The summed E-state index contributed by atoms with van der Waals surface area (Å²) >= 11 is 0. The molecule has 1 heterocycles. The summed E-state index contributed by atoms with van der Waals surface area (Å²) in [6, 6.07) is 9.33. The van der Waals surface area contributed by atoms with Crippen molar-refractivity contribution in [3.8, 4) is 0 Å². The van der Waals surface area contributed by atoms with E-state index in [4.69, 9.17) is 9.47 Å². The van der Waals surface area contributed by atoms with Crippen LogP contribution in [0.5, 0.6) is 0 Å². The van der Waals surface area contributed by atoms with E-state index in [9.17, 15) is 4.79 Å². The molecule has 1 unspecified atom stereocenters. The predicted octanol–water partition coefficient (Wildman–Crippen LogP) is 1.13. The number of carbonyl (C=O) groups excluding carboxylic acids is 1. The molecule has 1 atom stereocenters. The molecule has 1 aromatic rings. The molecule has 1 aliphatic rings. The zero-order valence-electron chi connectivity index (χ0n) is 14.5. The monoisotopic (exact) mass is 323 g/mol. The van der Waals surface area contributed by atoms with Crippen molar-refractivity contribution >= 4 is 5.91 Å². The second-order valence-corrected chi connectivity index (χ2v) is 5.53. The van der Waals surface area contributed by atoms with Gasteiger partial charge in [-0.05, 0) is 12.6 Å². The lowest BCUT2D eigenvalue weighted by Gasteiger charge is -2.39. The summed E-state index contributed by atoms with van der Waals surface area (Å²) < 4.78 is 11.1. The fourth-order valence-corrected chi connectivity index (χ4v) is 2.56. The normalized spacial score (nSPS) is 17.6. The average molecular weight is 323 g/mol. The maximum Gasteiger partial charge on any atom is 0.243 e. The summed E-state index contributed by atoms with van der Waals surface area (Å²) in [5, 5.41) is 3.42. The molecular formula is C17H29N3O3. The van der Waals surface area contributed by atoms with E-state index in [0.717, 1.165) is 18.4 Å². The zero-order valence-corrected chi connectivity index (χ0v) is 14.5. The molecule has 1 aliphatic heterocycles. The minimum Gasteiger partial charge on any atom is -0.381 e. The lowest BCUT2D eigenvalue weighted by atomic mass is 9.98. The molecule has 0 saturated carbocycles. The Bertz CT molecular complexity index is 459. The van der Waals surface area contributed by atoms with Gasteiger partial charge in [0.05, 0.1) is 13.2 Å². The quantitative estimate of drug-likeness (QED) is 0.795. The maximum absolute atomic E-state index is 12.6. The van der Waals surface area contributed by atoms with Crippen LogP contribution in [0.15, 0.2) is 30.3 Å². The minimum absolute atomic E-state index is 0.0177. The molecule has 6 nitrogen and oxygen atoms in total. The van der Waals surface area contributed by atoms with E-state index in [1.54, 1.807) is 26.1 Å². The third-order valence-electron chi connectivity index (χ3n) is 3.92. The van der Waals surface area contributed by atoms with E-state index in [0.29, 0.717) is 13.2 Å². The number of carbonyl (C=O) groups is 1. The molecule has 6 heteroatoms. The van der Waals surface area contributed by atoms with Crippen LogP contribution < -0.4 is 11.1 Å². The van der Waals surface area contributed by atoms with E-state index in [1.165, 1.54) is 7.05 Å². The van der Waals surface area contributed by atoms with Gasteiger partial charge in [-0.25, -0.2) is 0 Å². The molecule has 0 aromatic heterocycles. The largest absolute Gasteiger partial charge is 0.381 e. The second-order valence-electron chi connectivity index (χ2n) is 5.53. The number of hydrogen-bond acceptors (Lipinski definition) is 5. The van der Waals surface area contributed by atoms with Gasteiger partial charge in [-0.1, -0.05) is 30.3 Å². The van der Waals surface area contributed by atoms with Crippen molar-refractivity contribution in [3.63, 3.8) is 0 Å². The Morgan fingerprint density at radius 3 is 2.30 bits per heavy atom. The van der Waals surface area contributed by atoms with E-state index in [2.05, 4.69) is 11.1 Å². The number of hydrogen-bond donors (Lipinski definition) is 2. The van der Waals surface area contributed by atoms with E-state index < -0.39 is 11.8 Å². The number of nitrogens with two attached hydrogens (primary N) is 1. The average Bonchev–Trinajstić information content (AvgIpc) is 2.62. The van der Waals surface area contributed by atoms with Gasteiger partial charge in [0, 0.05) is 34.0 Å². The van der Waals surface area contributed by atoms with E-state index >= 15 is 0 Å². The van der Waals surface area contributed by atoms with E-state index in [-0.39, 0.29) is 5.91 Å². The maximum atomic E-state index is 12.6. The highest BCUT2D eigenvalue weighted by Gasteiger charge is 2.37. The van der Waals surface area contributed by atoms with Crippen LogP contribution in [0, 0.1) is 0 Å². The van der Waals surface area contributed by atoms with Crippen LogP contribution in [0.2, 0.25) is 0 Å². The number of amides is 1. The summed E-state index contributed by atoms with van der Waals surface area (Å²) in [5.74, 6) is 0.0177. The van der Waals surface area contributed by atoms with Gasteiger partial charge in [0.1, 0.15) is 11.8 Å². The van der Waals surface area contributed by atoms with Crippen molar-refractivity contribution in [3.05, 3.63) is 35.9 Å². The number of rotatable bonds is 5. The van der Waals surface area contributed by atoms with Crippen molar-refractivity contribution in [1.29, 1.82) is 0 Å². The highest BCUT2D eigenvalue weighted by Crippen LogP contribution is 2.26. The number of nitrogens with zero attached hydrogens (tertiary/aromatic N) is 1. The van der Waals surface area contributed by atoms with Crippen LogP contribution in [0.25, 0.3) is 0 Å². The van der Waals surface area contributed by atoms with Gasteiger partial charge in [-0.2, -0.15) is 0 Å². The predicted molar refractivity (Wildman–Crippen MR) is 90.9 cm³/mol. The third kappa shape index (κ3) is 5.28. The standard InChI is InChI=1S/C16H24N2O3.CH5N/c1-18(2)15(19)14(13-7-5-4-6-8-13)17-16(20-3)9-11-21-12-10-16;1-2/h4-8,14,17H,9-12H2,1-3H3;2H2,1H3. The van der Waals surface area contributed by atoms with Crippen LogP contribution in [0.3, 0.4) is 0 Å². The number of ether oxygens (including phenoxy) is 2. The molecule has 1 aromatic carbocycles. The van der Waals surface area contributed by atoms with Gasteiger partial charge in [0.2, 0.25) is 5.91 Å². The van der Waals surface area contributed by atoms with Gasteiger partial charge in [0.25, 0.3) is 0 Å². The Hall–Kier alpha value is -1.47. The molecular weight excluding hydrogens is 294 g/mol. The zero-order chi connectivity index (χ0) is 17.3. The number of likely N-dealkylation sites (N-methyl/N-ethyl adjacent to an activating group) is 1. The van der Waals surface area contributed by atoms with E-state index in [1.807, 2.05) is 30.3 Å². The van der Waals surface area contributed by atoms with Crippen molar-refractivity contribution in [2.75, 3.05) is 41.5 Å². The molecule has 1 fully saturated rings. The molecule has 1 amide bonds. The van der Waals surface area contributed by atoms with Gasteiger partial charge in [-0.3, -0.25) is 10.1 Å². The Morgan fingerprint density at radius 1 is 1.26 bits per heavy atom. The van der Waals surface area contributed by atoms with Gasteiger partial charge < -0.3 is 20.1 Å². The molecule has 130 valence electrons. The third-order valence-corrected chi connectivity index (χ3v) is 3.92. The molecule has 1 saturated heterocycles. The highest BCUT2D eigenvalue weighted by atomic mass is 16.5. The van der Waals surface area contributed by atoms with Crippen molar-refractivity contribution < 1.29 is 14.3 Å². The summed E-state index contributed by atoms with van der Waals surface area (Å²) in [6.07, 6.45) is 1.46. The highest BCUT2D eigenvalue weighted by molar-refractivity contribution is 5.83. The van der Waals surface area contributed by atoms with Crippen molar-refractivity contribution in [2.24, 2.45) is 5.73 Å². The lowest BCUT2D eigenvalue weighted by molar-refractivity contribution is -0.142. The lowest BCUT2D eigenvalue weighted by Crippen LogP contribution is -2.55. The molecule has 0 bridgehead atoms. The summed E-state index contributed by atoms with van der Waals surface area (Å²) in [7, 11) is 6.72. The number of nitrogens with one attached hydrogen (secondary N) is 1. The SMILES string of the molecule is CN.COC1(NC(C(=O)N(C)C)c2ccccc2)CCOCC1. The van der Waals surface area contributed by atoms with Crippen LogP contribution in [0.1, 0.15) is 24.4 Å². The Morgan fingerprint density at radius 2 is 1.83 bits per heavy atom. The first-order chi connectivity index (χ1) is 11.1. The summed E-state index contributed by atoms with van der Waals surface area (Å²) in [4.78, 5) is 14.2. The molecule has 0 spiro atoms. The van der Waals surface area contributed by atoms with Crippen LogP contribution in [-0.4, -0.2) is 58.0 Å². The first-order valence-corrected chi connectivity index (χ1v) is 7.82. The minimum atomic E-state index is -0.509. The van der Waals surface area contributed by atoms with Gasteiger partial charge in [0.15, 0.2) is 0 Å². The first-order valence-electron chi connectivity index (χ1n) is 7.82. The van der Waals surface area contributed by atoms with Crippen LogP contribution in [0.4, 0.5) is 0 Å². The first kappa shape index (κ1) is 19.6. The Kier molecular flexibility index (Phi) is 8.19. The van der Waals surface area contributed by atoms with Crippen molar-refractivity contribution in [2.45, 2.75) is 24.6 Å². The Balaban J connectivity index is 0.00000127. The Labute approximate surface area is 138 Å². The van der Waals surface area contributed by atoms with Gasteiger partial charge >= 0.3 is 0 Å². The van der Waals surface area contributed by atoms with Crippen molar-refractivity contribution in [1.82, 2.24) is 10.2 Å². The smallest absolute Gasteiger partial charge is 0.243 e. The fourth-order valence-electron chi connectivity index (χ4n) is 2.56. The molecule has 23 heavy (non-hydrogen) atoms. The number of benzene rings is 1. The topological polar surface area (TPSA) is 76.8 Å². The fraction of sp³-hybridized carbons (Fsp3) is 0.588. The molecule has 3 N–H and O–H groups in total. The van der Waals surface area contributed by atoms with Gasteiger partial charge in [-0.15, -0.1) is 0 Å². The van der Waals surface area contributed by atoms with Crippen LogP contribution >= 0.6 is 0 Å². The summed E-state index contributed by atoms with van der Waals surface area (Å²) in [5.41, 5.74) is 4.93. The molecule has 0 radical (unpaired) electrons. The second kappa shape index (κ2) is 9.62. The molecule has 0 aliphatic carbocycles. The summed E-state index contributed by atoms with van der Waals surface area (Å²) in [6.45, 7) is 1.27.